The van der Waals surface area contributed by atoms with E-state index in [2.05, 4.69) is 0 Å². The lowest BCUT2D eigenvalue weighted by molar-refractivity contribution is -0.451. The molecular formula is C22H11F15N2O6. The lowest BCUT2D eigenvalue weighted by atomic mass is 9.90. The molecule has 45 heavy (non-hydrogen) atoms. The van der Waals surface area contributed by atoms with Gasteiger partial charge in [-0.25, -0.2) is 9.59 Å². The number of rotatable bonds is 11. The van der Waals surface area contributed by atoms with Crippen LogP contribution in [0.25, 0.3) is 10.8 Å². The zero-order chi connectivity index (χ0) is 35.5. The maximum absolute atomic E-state index is 14.2. The maximum atomic E-state index is 14.2. The van der Waals surface area contributed by atoms with Gasteiger partial charge in [-0.05, 0) is 24.3 Å². The first-order valence-electron chi connectivity index (χ1n) is 10.9. The SMILES string of the molecule is NC(=O)c1ccc(C(=O)NCC(F)(F)C(F)(F)C(F)(F)C(F)(F)C(F)(F)C(F)(F)C(F)(F)F)c2c(C(=O)O)ccc(C(=O)O)c12. The topological polar surface area (TPSA) is 147 Å². The Morgan fingerprint density at radius 2 is 0.889 bits per heavy atom. The number of amides is 2. The largest absolute Gasteiger partial charge is 0.478 e. The number of primary amides is 1. The average Bonchev–Trinajstić information content (AvgIpc) is 2.88. The van der Waals surface area contributed by atoms with E-state index in [9.17, 15) is 95.2 Å². The Morgan fingerprint density at radius 3 is 1.27 bits per heavy atom. The van der Waals surface area contributed by atoms with Gasteiger partial charge >= 0.3 is 53.7 Å². The summed E-state index contributed by atoms with van der Waals surface area (Å²) in [6.07, 6.45) is -7.79. The van der Waals surface area contributed by atoms with Crippen molar-refractivity contribution in [1.29, 1.82) is 0 Å². The number of benzene rings is 2. The second kappa shape index (κ2) is 10.9. The molecule has 250 valence electrons. The van der Waals surface area contributed by atoms with Gasteiger partial charge in [-0.1, -0.05) is 0 Å². The van der Waals surface area contributed by atoms with Crippen LogP contribution in [0.4, 0.5) is 65.9 Å². The molecule has 0 unspecified atom stereocenters. The Balaban J connectivity index is 2.64. The summed E-state index contributed by atoms with van der Waals surface area (Å²) in [5.41, 5.74) is 0.850. The summed E-state index contributed by atoms with van der Waals surface area (Å²) in [6.45, 7) is -3.30. The highest BCUT2D eigenvalue weighted by Crippen LogP contribution is 2.62. The first kappa shape index (κ1) is 36.7. The minimum atomic E-state index is -8.56. The van der Waals surface area contributed by atoms with Crippen molar-refractivity contribution in [3.8, 4) is 0 Å². The molecule has 0 saturated heterocycles. The molecule has 2 aromatic carbocycles. The van der Waals surface area contributed by atoms with Crippen LogP contribution in [-0.2, 0) is 0 Å². The fourth-order valence-electron chi connectivity index (χ4n) is 3.64. The van der Waals surface area contributed by atoms with Crippen LogP contribution in [0, 0.1) is 0 Å². The highest BCUT2D eigenvalue weighted by molar-refractivity contribution is 6.23. The number of alkyl halides is 15. The quantitative estimate of drug-likeness (QED) is 0.232. The second-order valence-electron chi connectivity index (χ2n) is 8.80. The van der Waals surface area contributed by atoms with Gasteiger partial charge in [0.25, 0.3) is 5.91 Å². The van der Waals surface area contributed by atoms with Crippen molar-refractivity contribution in [1.82, 2.24) is 5.32 Å². The van der Waals surface area contributed by atoms with Gasteiger partial charge < -0.3 is 21.3 Å². The van der Waals surface area contributed by atoms with E-state index in [1.54, 1.807) is 0 Å². The molecule has 0 saturated carbocycles. The monoisotopic (exact) mass is 684 g/mol. The summed E-state index contributed by atoms with van der Waals surface area (Å²) in [4.78, 5) is 47.6. The van der Waals surface area contributed by atoms with Crippen molar-refractivity contribution in [3.05, 3.63) is 46.5 Å². The van der Waals surface area contributed by atoms with E-state index in [1.165, 1.54) is 0 Å². The number of nitrogens with two attached hydrogens (primary N) is 1. The van der Waals surface area contributed by atoms with Gasteiger partial charge in [0.2, 0.25) is 5.91 Å². The molecule has 5 N–H and O–H groups in total. The molecule has 2 amide bonds. The summed E-state index contributed by atoms with van der Waals surface area (Å²) in [7, 11) is 0. The third kappa shape index (κ3) is 5.40. The zero-order valence-electron chi connectivity index (χ0n) is 20.8. The normalized spacial score (nSPS) is 13.9. The molecule has 2 rings (SSSR count). The van der Waals surface area contributed by atoms with Crippen LogP contribution in [0.1, 0.15) is 41.4 Å². The minimum Gasteiger partial charge on any atom is -0.478 e. The second-order valence-corrected chi connectivity index (χ2v) is 8.80. The molecule has 0 heterocycles. The van der Waals surface area contributed by atoms with Crippen LogP contribution < -0.4 is 11.1 Å². The third-order valence-electron chi connectivity index (χ3n) is 6.00. The molecule has 0 aliphatic rings. The number of carbonyl (C=O) groups is 4. The van der Waals surface area contributed by atoms with Gasteiger partial charge in [0.1, 0.15) is 0 Å². The molecule has 2 aromatic rings. The summed E-state index contributed by atoms with van der Waals surface area (Å²) >= 11 is 0. The van der Waals surface area contributed by atoms with Crippen LogP contribution in [0.15, 0.2) is 24.3 Å². The lowest BCUT2D eigenvalue weighted by Crippen LogP contribution is -2.73. The van der Waals surface area contributed by atoms with E-state index >= 15 is 0 Å². The van der Waals surface area contributed by atoms with Gasteiger partial charge in [-0.15, -0.1) is 0 Å². The van der Waals surface area contributed by atoms with E-state index < -0.39 is 105 Å². The van der Waals surface area contributed by atoms with Crippen molar-refractivity contribution in [2.24, 2.45) is 5.73 Å². The maximum Gasteiger partial charge on any atom is 0.460 e. The van der Waals surface area contributed by atoms with Gasteiger partial charge in [0.05, 0.1) is 17.7 Å². The van der Waals surface area contributed by atoms with Crippen molar-refractivity contribution >= 4 is 34.5 Å². The van der Waals surface area contributed by atoms with Crippen molar-refractivity contribution in [2.45, 2.75) is 41.7 Å². The minimum absolute atomic E-state index is 0.342. The number of fused-ring (bicyclic) bond motifs is 1. The highest BCUT2D eigenvalue weighted by Gasteiger charge is 2.93. The Bertz CT molecular complexity index is 1550. The van der Waals surface area contributed by atoms with Gasteiger partial charge in [0, 0.05) is 21.9 Å². The number of carboxylic acids is 2. The van der Waals surface area contributed by atoms with Gasteiger partial charge in [-0.2, -0.15) is 65.9 Å². The molecule has 0 radical (unpaired) electrons. The first-order valence-corrected chi connectivity index (χ1v) is 10.9. The number of halogens is 15. The van der Waals surface area contributed by atoms with Crippen molar-refractivity contribution in [2.75, 3.05) is 6.54 Å². The summed E-state index contributed by atoms with van der Waals surface area (Å²) < 4.78 is 201. The van der Waals surface area contributed by atoms with Crippen LogP contribution in [-0.4, -0.2) is 82.2 Å². The number of hydrogen-bond donors (Lipinski definition) is 4. The molecule has 0 fully saturated rings. The fraction of sp³-hybridized carbons (Fsp3) is 0.364. The molecular weight excluding hydrogens is 673 g/mol. The Kier molecular flexibility index (Phi) is 8.86. The summed E-state index contributed by atoms with van der Waals surface area (Å²) in [5, 5.41) is 17.4. The van der Waals surface area contributed by atoms with Crippen LogP contribution >= 0.6 is 0 Å². The number of aromatic carboxylic acids is 2. The number of carbonyl (C=O) groups excluding carboxylic acids is 2. The number of hydrogen-bond acceptors (Lipinski definition) is 4. The Labute approximate surface area is 236 Å². The van der Waals surface area contributed by atoms with Crippen molar-refractivity contribution < 1.29 is 95.2 Å². The molecule has 0 aromatic heterocycles. The van der Waals surface area contributed by atoms with E-state index in [-0.39, 0.29) is 0 Å². The summed E-state index contributed by atoms with van der Waals surface area (Å²) in [5.74, 6) is -56.1. The van der Waals surface area contributed by atoms with E-state index in [1.807, 2.05) is 0 Å². The van der Waals surface area contributed by atoms with Crippen LogP contribution in [0.3, 0.4) is 0 Å². The summed E-state index contributed by atoms with van der Waals surface area (Å²) in [6, 6.07) is 1.84. The predicted molar refractivity (Wildman–Crippen MR) is 114 cm³/mol. The lowest BCUT2D eigenvalue weighted by Gasteiger charge is -2.41. The molecule has 0 atom stereocenters. The van der Waals surface area contributed by atoms with Crippen LogP contribution in [0.5, 0.6) is 0 Å². The Morgan fingerprint density at radius 1 is 0.556 bits per heavy atom. The molecule has 23 heteroatoms. The van der Waals surface area contributed by atoms with Gasteiger partial charge in [-0.3, -0.25) is 9.59 Å². The smallest absolute Gasteiger partial charge is 0.460 e. The number of nitrogens with one attached hydrogen (secondary N) is 1. The molecule has 0 bridgehead atoms. The molecule has 0 aliphatic carbocycles. The molecule has 0 spiro atoms. The number of carboxylic acid groups (broad SMARTS) is 2. The molecule has 8 nitrogen and oxygen atoms in total. The van der Waals surface area contributed by atoms with Gasteiger partial charge in [0.15, 0.2) is 0 Å². The average molecular weight is 684 g/mol. The fourth-order valence-corrected chi connectivity index (χ4v) is 3.64. The molecule has 0 aliphatic heterocycles. The first-order chi connectivity index (χ1) is 19.9. The van der Waals surface area contributed by atoms with Crippen molar-refractivity contribution in [3.63, 3.8) is 0 Å². The predicted octanol–water partition coefficient (Wildman–Crippen LogP) is 5.44. The van der Waals surface area contributed by atoms with Crippen LogP contribution in [0.2, 0.25) is 0 Å². The Hall–Kier alpha value is -4.47. The standard InChI is InChI=1S/C22H11F15N2O6/c23-16(24,17(25,26)18(27,28)19(29,30)20(31,32)21(33,34)22(35,36)37)5-39-13(41)7-2-1-6(12(38)40)10-8(14(42)43)3-4-9(11(7)10)15(44)45/h1-4H,5H2,(H2,38,40)(H,39,41)(H,42,43)(H,44,45). The van der Waals surface area contributed by atoms with E-state index in [0.29, 0.717) is 29.6 Å². The van der Waals surface area contributed by atoms with E-state index in [4.69, 9.17) is 5.73 Å². The highest BCUT2D eigenvalue weighted by atomic mass is 19.4. The third-order valence-corrected chi connectivity index (χ3v) is 6.00. The van der Waals surface area contributed by atoms with E-state index in [0.717, 1.165) is 0 Å². The zero-order valence-corrected chi connectivity index (χ0v) is 20.8.